The predicted octanol–water partition coefficient (Wildman–Crippen LogP) is 3.96. The number of carbonyl (C=O) groups is 1. The monoisotopic (exact) mass is 565 g/mol. The van der Waals surface area contributed by atoms with Crippen molar-refractivity contribution in [3.05, 3.63) is 59.7 Å². The maximum absolute atomic E-state index is 12.3. The molecule has 1 aliphatic heterocycles. The number of guanidine groups is 1. The van der Waals surface area contributed by atoms with Gasteiger partial charge >= 0.3 is 0 Å². The Bertz CT molecular complexity index is 915. The van der Waals surface area contributed by atoms with Crippen molar-refractivity contribution in [1.82, 2.24) is 16.0 Å². The maximum Gasteiger partial charge on any atom is 0.251 e. The summed E-state index contributed by atoms with van der Waals surface area (Å²) in [7, 11) is 1.59. The molecule has 0 radical (unpaired) electrons. The zero-order valence-electron chi connectivity index (χ0n) is 19.8. The van der Waals surface area contributed by atoms with E-state index in [-0.39, 0.29) is 35.9 Å². The molecule has 180 valence electrons. The highest BCUT2D eigenvalue weighted by molar-refractivity contribution is 14.0. The SMILES string of the molecule is CCNC(=NCCNC(=O)c1cccc(OC)c1)NC(C)c1cccc(N2CCCC2)c1.I. The van der Waals surface area contributed by atoms with Crippen LogP contribution in [0.2, 0.25) is 0 Å². The van der Waals surface area contributed by atoms with Crippen LogP contribution in [-0.4, -0.2) is 51.7 Å². The number of hydrogen-bond acceptors (Lipinski definition) is 4. The zero-order chi connectivity index (χ0) is 22.8. The Labute approximate surface area is 214 Å². The average molecular weight is 566 g/mol. The van der Waals surface area contributed by atoms with Crippen LogP contribution in [0.4, 0.5) is 5.69 Å². The summed E-state index contributed by atoms with van der Waals surface area (Å²) in [5.74, 6) is 1.27. The number of rotatable bonds is 9. The van der Waals surface area contributed by atoms with Gasteiger partial charge < -0.3 is 25.6 Å². The Morgan fingerprint density at radius 3 is 2.61 bits per heavy atom. The number of halogens is 1. The van der Waals surface area contributed by atoms with Crippen molar-refractivity contribution < 1.29 is 9.53 Å². The van der Waals surface area contributed by atoms with Crippen molar-refractivity contribution in [2.75, 3.05) is 44.7 Å². The molecular weight excluding hydrogens is 529 g/mol. The van der Waals surface area contributed by atoms with Crippen molar-refractivity contribution in [2.24, 2.45) is 4.99 Å². The number of anilines is 1. The van der Waals surface area contributed by atoms with Crippen LogP contribution < -0.4 is 25.6 Å². The van der Waals surface area contributed by atoms with Gasteiger partial charge in [0.1, 0.15) is 5.75 Å². The minimum atomic E-state index is -0.135. The summed E-state index contributed by atoms with van der Waals surface area (Å²) in [5, 5.41) is 9.67. The Kier molecular flexibility index (Phi) is 11.3. The van der Waals surface area contributed by atoms with Gasteiger partial charge in [-0.1, -0.05) is 18.2 Å². The molecule has 0 bridgehead atoms. The third-order valence-corrected chi connectivity index (χ3v) is 5.54. The lowest BCUT2D eigenvalue weighted by molar-refractivity contribution is 0.0954. The quantitative estimate of drug-likeness (QED) is 0.186. The van der Waals surface area contributed by atoms with Gasteiger partial charge in [-0.25, -0.2) is 0 Å². The van der Waals surface area contributed by atoms with Crippen LogP contribution >= 0.6 is 24.0 Å². The van der Waals surface area contributed by atoms with Gasteiger partial charge in [0.05, 0.1) is 19.7 Å². The van der Waals surface area contributed by atoms with E-state index in [1.54, 1.807) is 25.3 Å². The first-order valence-corrected chi connectivity index (χ1v) is 11.4. The number of aliphatic imine (C=N–C) groups is 1. The second-order valence-corrected chi connectivity index (χ2v) is 7.90. The van der Waals surface area contributed by atoms with Gasteiger partial charge in [-0.2, -0.15) is 0 Å². The minimum absolute atomic E-state index is 0. The third-order valence-electron chi connectivity index (χ3n) is 5.54. The molecule has 8 heteroatoms. The van der Waals surface area contributed by atoms with E-state index in [1.165, 1.54) is 24.1 Å². The molecule has 1 saturated heterocycles. The van der Waals surface area contributed by atoms with Gasteiger partial charge in [-0.3, -0.25) is 9.79 Å². The summed E-state index contributed by atoms with van der Waals surface area (Å²) >= 11 is 0. The molecule has 33 heavy (non-hydrogen) atoms. The standard InChI is InChI=1S/C25H35N5O2.HI/c1-4-26-25(28-14-13-27-24(31)21-10-8-12-23(18-21)32-3)29-19(2)20-9-7-11-22(17-20)30-15-5-6-16-30;/h7-12,17-19H,4-6,13-16H2,1-3H3,(H,27,31)(H2,26,28,29);1H. The molecular formula is C25H36IN5O2. The van der Waals surface area contributed by atoms with E-state index < -0.39 is 0 Å². The number of amides is 1. The first-order valence-electron chi connectivity index (χ1n) is 11.4. The van der Waals surface area contributed by atoms with E-state index in [9.17, 15) is 4.79 Å². The number of methoxy groups -OCH3 is 1. The topological polar surface area (TPSA) is 78.0 Å². The fourth-order valence-corrected chi connectivity index (χ4v) is 3.78. The van der Waals surface area contributed by atoms with Gasteiger partial charge in [0.2, 0.25) is 0 Å². The highest BCUT2D eigenvalue weighted by atomic mass is 127. The first kappa shape index (κ1) is 26.8. The van der Waals surface area contributed by atoms with Crippen LogP contribution in [0.3, 0.4) is 0 Å². The number of carbonyl (C=O) groups excluding carboxylic acids is 1. The summed E-state index contributed by atoms with van der Waals surface area (Å²) < 4.78 is 5.18. The fraction of sp³-hybridized carbons (Fsp3) is 0.440. The summed E-state index contributed by atoms with van der Waals surface area (Å²) in [6, 6.07) is 16.0. The van der Waals surface area contributed by atoms with E-state index in [1.807, 2.05) is 13.0 Å². The summed E-state index contributed by atoms with van der Waals surface area (Å²) in [4.78, 5) is 19.4. The summed E-state index contributed by atoms with van der Waals surface area (Å²) in [5.41, 5.74) is 3.09. The molecule has 0 aliphatic carbocycles. The molecule has 2 aromatic carbocycles. The first-order chi connectivity index (χ1) is 15.6. The average Bonchev–Trinajstić information content (AvgIpc) is 3.37. The van der Waals surface area contributed by atoms with Crippen LogP contribution in [0.25, 0.3) is 0 Å². The fourth-order valence-electron chi connectivity index (χ4n) is 3.78. The lowest BCUT2D eigenvalue weighted by Crippen LogP contribution is -2.39. The Morgan fingerprint density at radius 1 is 1.12 bits per heavy atom. The third kappa shape index (κ3) is 8.10. The van der Waals surface area contributed by atoms with Crippen molar-refractivity contribution in [3.8, 4) is 5.75 Å². The second-order valence-electron chi connectivity index (χ2n) is 7.90. The molecule has 1 unspecified atom stereocenters. The van der Waals surface area contributed by atoms with Crippen molar-refractivity contribution in [3.63, 3.8) is 0 Å². The Hall–Kier alpha value is -2.49. The Balaban J connectivity index is 0.00000385. The number of hydrogen-bond donors (Lipinski definition) is 3. The molecule has 0 aromatic heterocycles. The smallest absolute Gasteiger partial charge is 0.251 e. The molecule has 0 saturated carbocycles. The number of benzene rings is 2. The van der Waals surface area contributed by atoms with Gasteiger partial charge in [0.15, 0.2) is 5.96 Å². The van der Waals surface area contributed by atoms with E-state index in [4.69, 9.17) is 4.74 Å². The summed E-state index contributed by atoms with van der Waals surface area (Å²) in [6.45, 7) is 8.15. The van der Waals surface area contributed by atoms with Gasteiger partial charge in [0, 0.05) is 37.4 Å². The highest BCUT2D eigenvalue weighted by Gasteiger charge is 2.14. The van der Waals surface area contributed by atoms with Gasteiger partial charge in [0.25, 0.3) is 5.91 Å². The molecule has 2 aromatic rings. The van der Waals surface area contributed by atoms with Gasteiger partial charge in [-0.05, 0) is 62.6 Å². The summed E-state index contributed by atoms with van der Waals surface area (Å²) in [6.07, 6.45) is 2.53. The molecule has 0 spiro atoms. The number of nitrogens with zero attached hydrogens (tertiary/aromatic N) is 2. The number of ether oxygens (including phenoxy) is 1. The van der Waals surface area contributed by atoms with E-state index >= 15 is 0 Å². The second kappa shape index (κ2) is 13.9. The molecule has 1 amide bonds. The molecule has 1 atom stereocenters. The normalized spacial score (nSPS) is 14.3. The van der Waals surface area contributed by atoms with Crippen molar-refractivity contribution in [2.45, 2.75) is 32.7 Å². The van der Waals surface area contributed by atoms with Crippen LogP contribution in [0.1, 0.15) is 48.7 Å². The van der Waals surface area contributed by atoms with Crippen LogP contribution in [-0.2, 0) is 0 Å². The minimum Gasteiger partial charge on any atom is -0.497 e. The maximum atomic E-state index is 12.3. The molecule has 1 heterocycles. The zero-order valence-corrected chi connectivity index (χ0v) is 22.1. The lowest BCUT2D eigenvalue weighted by atomic mass is 10.1. The molecule has 7 nitrogen and oxygen atoms in total. The van der Waals surface area contributed by atoms with Gasteiger partial charge in [-0.15, -0.1) is 24.0 Å². The van der Waals surface area contributed by atoms with E-state index in [2.05, 4.69) is 57.0 Å². The predicted molar refractivity (Wildman–Crippen MR) is 146 cm³/mol. The van der Waals surface area contributed by atoms with Crippen LogP contribution in [0.5, 0.6) is 5.75 Å². The van der Waals surface area contributed by atoms with Crippen molar-refractivity contribution >= 4 is 41.5 Å². The molecule has 1 aliphatic rings. The largest absolute Gasteiger partial charge is 0.497 e. The number of nitrogens with one attached hydrogen (secondary N) is 3. The van der Waals surface area contributed by atoms with Crippen LogP contribution in [0.15, 0.2) is 53.5 Å². The lowest BCUT2D eigenvalue weighted by Gasteiger charge is -2.22. The van der Waals surface area contributed by atoms with Crippen LogP contribution in [0, 0.1) is 0 Å². The molecule has 3 N–H and O–H groups in total. The highest BCUT2D eigenvalue weighted by Crippen LogP contribution is 2.24. The van der Waals surface area contributed by atoms with E-state index in [0.29, 0.717) is 24.4 Å². The molecule has 1 fully saturated rings. The molecule has 3 rings (SSSR count). The van der Waals surface area contributed by atoms with E-state index in [0.717, 1.165) is 25.6 Å². The Morgan fingerprint density at radius 2 is 1.88 bits per heavy atom. The van der Waals surface area contributed by atoms with Crippen molar-refractivity contribution in [1.29, 1.82) is 0 Å².